The van der Waals surface area contributed by atoms with Gasteiger partial charge in [-0.05, 0) is 40.9 Å². The lowest BCUT2D eigenvalue weighted by atomic mass is 10.2. The zero-order valence-electron chi connectivity index (χ0n) is 11.2. The molecule has 0 aromatic carbocycles. The van der Waals surface area contributed by atoms with E-state index in [0.29, 0.717) is 5.82 Å². The summed E-state index contributed by atoms with van der Waals surface area (Å²) >= 11 is 3.57. The summed E-state index contributed by atoms with van der Waals surface area (Å²) < 4.78 is 0.947. The fourth-order valence-electron chi connectivity index (χ4n) is 1.70. The summed E-state index contributed by atoms with van der Waals surface area (Å²) in [7, 11) is 0. The number of nitrogens with zero attached hydrogens (tertiary/aromatic N) is 3. The minimum Gasteiger partial charge on any atom is -0.369 e. The molecule has 0 unspecified atom stereocenters. The Hall–Kier alpha value is -1.49. The van der Waals surface area contributed by atoms with Crippen molar-refractivity contribution in [3.63, 3.8) is 0 Å². The highest BCUT2D eigenvalue weighted by atomic mass is 79.9. The molecule has 5 heteroatoms. The van der Waals surface area contributed by atoms with Crippen molar-refractivity contribution < 1.29 is 0 Å². The van der Waals surface area contributed by atoms with Crippen LogP contribution >= 0.6 is 15.9 Å². The molecule has 0 aliphatic carbocycles. The van der Waals surface area contributed by atoms with Crippen molar-refractivity contribution in [2.24, 2.45) is 0 Å². The normalized spacial score (nSPS) is 10.5. The number of aromatic nitrogens is 3. The molecule has 2 aromatic heterocycles. The van der Waals surface area contributed by atoms with Gasteiger partial charge in [0.05, 0.1) is 10.2 Å². The molecule has 0 radical (unpaired) electrons. The Morgan fingerprint density at radius 2 is 2.05 bits per heavy atom. The van der Waals surface area contributed by atoms with Crippen LogP contribution in [0.3, 0.4) is 0 Å². The SMILES string of the molecule is CCCNc1nc(-c2ccccn2)nc(CC)c1Br. The van der Waals surface area contributed by atoms with Gasteiger partial charge in [0, 0.05) is 12.7 Å². The van der Waals surface area contributed by atoms with E-state index in [1.807, 2.05) is 18.2 Å². The molecule has 4 nitrogen and oxygen atoms in total. The maximum Gasteiger partial charge on any atom is 0.180 e. The van der Waals surface area contributed by atoms with Gasteiger partial charge in [0.1, 0.15) is 11.5 Å². The fraction of sp³-hybridized carbons (Fsp3) is 0.357. The van der Waals surface area contributed by atoms with Crippen molar-refractivity contribution in [1.82, 2.24) is 15.0 Å². The van der Waals surface area contributed by atoms with E-state index in [9.17, 15) is 0 Å². The van der Waals surface area contributed by atoms with Gasteiger partial charge in [0.2, 0.25) is 0 Å². The van der Waals surface area contributed by atoms with Gasteiger partial charge in [-0.25, -0.2) is 9.97 Å². The predicted octanol–water partition coefficient (Wildman–Crippen LogP) is 3.69. The number of halogens is 1. The lowest BCUT2D eigenvalue weighted by Gasteiger charge is -2.11. The number of hydrogen-bond acceptors (Lipinski definition) is 4. The molecule has 19 heavy (non-hydrogen) atoms. The molecule has 0 saturated carbocycles. The lowest BCUT2D eigenvalue weighted by molar-refractivity contribution is 0.941. The first-order valence-electron chi connectivity index (χ1n) is 6.48. The van der Waals surface area contributed by atoms with E-state index in [1.165, 1.54) is 0 Å². The second kappa shape index (κ2) is 6.61. The monoisotopic (exact) mass is 320 g/mol. The Bertz CT molecular complexity index is 543. The minimum atomic E-state index is 0.666. The van der Waals surface area contributed by atoms with Crippen LogP contribution in [-0.2, 0) is 6.42 Å². The summed E-state index contributed by atoms with van der Waals surface area (Å²) in [5.41, 5.74) is 1.79. The van der Waals surface area contributed by atoms with Gasteiger partial charge in [-0.15, -0.1) is 0 Å². The second-order valence-electron chi connectivity index (χ2n) is 4.15. The molecule has 2 rings (SSSR count). The summed E-state index contributed by atoms with van der Waals surface area (Å²) in [6.45, 7) is 5.10. The van der Waals surface area contributed by atoms with Gasteiger partial charge < -0.3 is 5.32 Å². The minimum absolute atomic E-state index is 0.666. The van der Waals surface area contributed by atoms with E-state index >= 15 is 0 Å². The molecule has 100 valence electrons. The van der Waals surface area contributed by atoms with Crippen LogP contribution in [0.15, 0.2) is 28.9 Å². The molecule has 0 spiro atoms. The van der Waals surface area contributed by atoms with Crippen LogP contribution in [0.2, 0.25) is 0 Å². The first-order chi connectivity index (χ1) is 9.26. The molecule has 1 N–H and O–H groups in total. The van der Waals surface area contributed by atoms with E-state index in [-0.39, 0.29) is 0 Å². The predicted molar refractivity (Wildman–Crippen MR) is 81.1 cm³/mol. The summed E-state index contributed by atoms with van der Waals surface area (Å²) in [4.78, 5) is 13.4. The van der Waals surface area contributed by atoms with Crippen molar-refractivity contribution in [3.05, 3.63) is 34.6 Å². The first-order valence-corrected chi connectivity index (χ1v) is 7.27. The van der Waals surface area contributed by atoms with E-state index in [2.05, 4.69) is 50.0 Å². The Labute approximate surface area is 121 Å². The van der Waals surface area contributed by atoms with Gasteiger partial charge in [-0.3, -0.25) is 4.98 Å². The van der Waals surface area contributed by atoms with Crippen molar-refractivity contribution in [1.29, 1.82) is 0 Å². The number of pyridine rings is 1. The van der Waals surface area contributed by atoms with Crippen LogP contribution in [0.5, 0.6) is 0 Å². The Kier molecular flexibility index (Phi) is 4.85. The molecule has 0 aliphatic rings. The van der Waals surface area contributed by atoms with Crippen LogP contribution in [0.4, 0.5) is 5.82 Å². The summed E-state index contributed by atoms with van der Waals surface area (Å²) in [5.74, 6) is 1.51. The Balaban J connectivity index is 2.45. The molecule has 0 amide bonds. The zero-order chi connectivity index (χ0) is 13.7. The van der Waals surface area contributed by atoms with Crippen molar-refractivity contribution in [2.45, 2.75) is 26.7 Å². The maximum atomic E-state index is 4.57. The lowest BCUT2D eigenvalue weighted by Crippen LogP contribution is -2.07. The number of aryl methyl sites for hydroxylation is 1. The van der Waals surface area contributed by atoms with Crippen LogP contribution in [0, 0.1) is 0 Å². The summed E-state index contributed by atoms with van der Waals surface area (Å²) in [5, 5.41) is 3.32. The number of anilines is 1. The Morgan fingerprint density at radius 3 is 2.68 bits per heavy atom. The third-order valence-electron chi connectivity index (χ3n) is 2.69. The molecule has 0 bridgehead atoms. The number of nitrogens with one attached hydrogen (secondary N) is 1. The van der Waals surface area contributed by atoms with Gasteiger partial charge in [-0.2, -0.15) is 0 Å². The van der Waals surface area contributed by atoms with Crippen molar-refractivity contribution >= 4 is 21.7 Å². The van der Waals surface area contributed by atoms with Crippen LogP contribution < -0.4 is 5.32 Å². The average Bonchev–Trinajstić information content (AvgIpc) is 2.47. The average molecular weight is 321 g/mol. The van der Waals surface area contributed by atoms with E-state index in [4.69, 9.17) is 0 Å². The highest BCUT2D eigenvalue weighted by molar-refractivity contribution is 9.10. The molecule has 2 heterocycles. The standard InChI is InChI=1S/C14H17BrN4/c1-3-8-17-14-12(15)10(4-2)18-13(19-14)11-7-5-6-9-16-11/h5-7,9H,3-4,8H2,1-2H3,(H,17,18,19). The van der Waals surface area contributed by atoms with E-state index in [1.54, 1.807) is 6.20 Å². The van der Waals surface area contributed by atoms with Crippen LogP contribution in [-0.4, -0.2) is 21.5 Å². The highest BCUT2D eigenvalue weighted by Crippen LogP contribution is 2.26. The smallest absolute Gasteiger partial charge is 0.180 e. The van der Waals surface area contributed by atoms with E-state index < -0.39 is 0 Å². The summed E-state index contributed by atoms with van der Waals surface area (Å²) in [6.07, 6.45) is 3.66. The zero-order valence-corrected chi connectivity index (χ0v) is 12.7. The molecule has 0 saturated heterocycles. The number of hydrogen-bond donors (Lipinski definition) is 1. The molecular formula is C14H17BrN4. The Morgan fingerprint density at radius 1 is 1.21 bits per heavy atom. The second-order valence-corrected chi connectivity index (χ2v) is 4.94. The van der Waals surface area contributed by atoms with Gasteiger partial charge >= 0.3 is 0 Å². The molecule has 2 aromatic rings. The highest BCUT2D eigenvalue weighted by Gasteiger charge is 2.12. The van der Waals surface area contributed by atoms with Gasteiger partial charge in [-0.1, -0.05) is 19.9 Å². The topological polar surface area (TPSA) is 50.7 Å². The van der Waals surface area contributed by atoms with Crippen molar-refractivity contribution in [2.75, 3.05) is 11.9 Å². The third kappa shape index (κ3) is 3.29. The van der Waals surface area contributed by atoms with Crippen LogP contribution in [0.25, 0.3) is 11.5 Å². The van der Waals surface area contributed by atoms with Gasteiger partial charge in [0.25, 0.3) is 0 Å². The van der Waals surface area contributed by atoms with Crippen molar-refractivity contribution in [3.8, 4) is 11.5 Å². The maximum absolute atomic E-state index is 4.57. The molecule has 0 fully saturated rings. The molecular weight excluding hydrogens is 304 g/mol. The largest absolute Gasteiger partial charge is 0.369 e. The fourth-order valence-corrected chi connectivity index (χ4v) is 2.30. The molecule has 0 atom stereocenters. The molecule has 0 aliphatic heterocycles. The quantitative estimate of drug-likeness (QED) is 0.912. The van der Waals surface area contributed by atoms with Gasteiger partial charge in [0.15, 0.2) is 5.82 Å². The van der Waals surface area contributed by atoms with Crippen LogP contribution in [0.1, 0.15) is 26.0 Å². The first kappa shape index (κ1) is 13.9. The number of rotatable bonds is 5. The summed E-state index contributed by atoms with van der Waals surface area (Å²) in [6, 6.07) is 5.75. The van der Waals surface area contributed by atoms with E-state index in [0.717, 1.165) is 41.1 Å². The third-order valence-corrected chi connectivity index (χ3v) is 3.52.